The fraction of sp³-hybridized carbons (Fsp3) is 0.300. The van der Waals surface area contributed by atoms with Crippen LogP contribution in [0.25, 0.3) is 0 Å². The molecular weight excluding hydrogens is 248 g/mol. The first-order valence-electron chi connectivity index (χ1n) is 4.59. The molecule has 0 aliphatic heterocycles. The number of aromatic carboxylic acids is 1. The van der Waals surface area contributed by atoms with Gasteiger partial charge in [0.1, 0.15) is 11.3 Å². The summed E-state index contributed by atoms with van der Waals surface area (Å²) in [7, 11) is 0. The van der Waals surface area contributed by atoms with Crippen molar-refractivity contribution >= 4 is 17.6 Å². The Labute approximate surface area is 102 Å². The van der Waals surface area contributed by atoms with Crippen molar-refractivity contribution in [2.45, 2.75) is 18.6 Å². The van der Waals surface area contributed by atoms with Crippen molar-refractivity contribution in [3.8, 4) is 6.07 Å². The first-order valence-corrected chi connectivity index (χ1v) is 4.97. The number of carbonyl (C=O) groups is 1. The Bertz CT molecular complexity index is 472. The van der Waals surface area contributed by atoms with Crippen LogP contribution in [-0.2, 0) is 0 Å². The Morgan fingerprint density at radius 1 is 1.59 bits per heavy atom. The van der Waals surface area contributed by atoms with Crippen LogP contribution >= 0.6 is 11.6 Å². The fourth-order valence-electron chi connectivity index (χ4n) is 1.20. The van der Waals surface area contributed by atoms with Gasteiger partial charge in [0, 0.05) is 11.8 Å². The number of aromatic nitrogens is 1. The highest BCUT2D eigenvalue weighted by molar-refractivity contribution is 6.32. The zero-order valence-corrected chi connectivity index (χ0v) is 9.29. The summed E-state index contributed by atoms with van der Waals surface area (Å²) in [5.41, 5.74) is -0.179. The van der Waals surface area contributed by atoms with Crippen LogP contribution in [0.1, 0.15) is 28.4 Å². The summed E-state index contributed by atoms with van der Waals surface area (Å²) in [6.07, 6.45) is -1.80. The number of halogens is 1. The molecule has 0 fully saturated rings. The first-order chi connectivity index (χ1) is 7.97. The number of carboxylic acid groups (broad SMARTS) is 1. The number of aliphatic hydroxyl groups excluding tert-OH is 2. The van der Waals surface area contributed by atoms with Gasteiger partial charge < -0.3 is 15.3 Å². The topological polar surface area (TPSA) is 114 Å². The third-order valence-electron chi connectivity index (χ3n) is 2.10. The molecule has 0 spiro atoms. The predicted molar refractivity (Wildman–Crippen MR) is 57.4 cm³/mol. The second-order valence-corrected chi connectivity index (χ2v) is 3.64. The van der Waals surface area contributed by atoms with E-state index in [1.54, 1.807) is 6.07 Å². The SMILES string of the molecule is N#CCC(O)C(O)c1cnc(Cl)c(C(=O)O)c1. The Hall–Kier alpha value is -1.68. The summed E-state index contributed by atoms with van der Waals surface area (Å²) < 4.78 is 0. The molecular formula is C10H9ClN2O4. The van der Waals surface area contributed by atoms with Crippen LogP contribution in [0.3, 0.4) is 0 Å². The van der Waals surface area contributed by atoms with Crippen LogP contribution in [0, 0.1) is 11.3 Å². The van der Waals surface area contributed by atoms with Crippen molar-refractivity contribution in [3.63, 3.8) is 0 Å². The lowest BCUT2D eigenvalue weighted by atomic mass is 10.0. The summed E-state index contributed by atoms with van der Waals surface area (Å²) in [5.74, 6) is -1.29. The molecule has 0 aliphatic carbocycles. The molecule has 17 heavy (non-hydrogen) atoms. The summed E-state index contributed by atoms with van der Waals surface area (Å²) in [4.78, 5) is 14.4. The number of hydrogen-bond donors (Lipinski definition) is 3. The number of hydrogen-bond acceptors (Lipinski definition) is 5. The third-order valence-corrected chi connectivity index (χ3v) is 2.40. The predicted octanol–water partition coefficient (Wildman–Crippen LogP) is 0.741. The standard InChI is InChI=1S/C10H9ClN2O4/c11-9-6(10(16)17)3-5(4-13-9)8(15)7(14)1-2-12/h3-4,7-8,14-15H,1H2,(H,16,17). The molecule has 1 heterocycles. The maximum absolute atomic E-state index is 10.8. The summed E-state index contributed by atoms with van der Waals surface area (Å²) in [5, 5.41) is 36.0. The van der Waals surface area contributed by atoms with E-state index in [0.29, 0.717) is 0 Å². The van der Waals surface area contributed by atoms with Gasteiger partial charge in [0.05, 0.1) is 24.2 Å². The van der Waals surface area contributed by atoms with E-state index in [2.05, 4.69) is 4.98 Å². The smallest absolute Gasteiger partial charge is 0.338 e. The average Bonchev–Trinajstić information content (AvgIpc) is 2.28. The zero-order chi connectivity index (χ0) is 13.0. The molecule has 0 saturated carbocycles. The molecule has 2 atom stereocenters. The zero-order valence-electron chi connectivity index (χ0n) is 8.54. The number of rotatable bonds is 4. The Morgan fingerprint density at radius 3 is 2.76 bits per heavy atom. The van der Waals surface area contributed by atoms with Gasteiger partial charge in [0.25, 0.3) is 0 Å². The van der Waals surface area contributed by atoms with E-state index in [-0.39, 0.29) is 22.7 Å². The molecule has 7 heteroatoms. The van der Waals surface area contributed by atoms with E-state index >= 15 is 0 Å². The molecule has 2 unspecified atom stereocenters. The molecule has 0 radical (unpaired) electrons. The molecule has 0 saturated heterocycles. The molecule has 1 rings (SSSR count). The van der Waals surface area contributed by atoms with Gasteiger partial charge in [-0.1, -0.05) is 11.6 Å². The lowest BCUT2D eigenvalue weighted by molar-refractivity contribution is 0.0213. The van der Waals surface area contributed by atoms with Gasteiger partial charge in [-0.2, -0.15) is 5.26 Å². The van der Waals surface area contributed by atoms with Gasteiger partial charge in [0.15, 0.2) is 0 Å². The van der Waals surface area contributed by atoms with Crippen molar-refractivity contribution in [1.82, 2.24) is 4.98 Å². The molecule has 90 valence electrons. The highest BCUT2D eigenvalue weighted by atomic mass is 35.5. The van der Waals surface area contributed by atoms with Crippen LogP contribution in [0.5, 0.6) is 0 Å². The van der Waals surface area contributed by atoms with E-state index < -0.39 is 18.2 Å². The molecule has 0 bridgehead atoms. The summed E-state index contributed by atoms with van der Waals surface area (Å²) in [6, 6.07) is 2.81. The normalized spacial score (nSPS) is 13.8. The molecule has 1 aromatic rings. The maximum atomic E-state index is 10.8. The fourth-order valence-corrected chi connectivity index (χ4v) is 1.39. The van der Waals surface area contributed by atoms with Crippen LogP contribution < -0.4 is 0 Å². The van der Waals surface area contributed by atoms with E-state index in [0.717, 1.165) is 12.3 Å². The average molecular weight is 257 g/mol. The molecule has 0 aromatic carbocycles. The van der Waals surface area contributed by atoms with E-state index in [1.165, 1.54) is 0 Å². The minimum absolute atomic E-state index is 0.0922. The number of nitriles is 1. The number of carboxylic acids is 1. The van der Waals surface area contributed by atoms with Gasteiger partial charge in [-0.25, -0.2) is 9.78 Å². The second-order valence-electron chi connectivity index (χ2n) is 3.29. The van der Waals surface area contributed by atoms with Crippen molar-refractivity contribution in [3.05, 3.63) is 28.5 Å². The monoisotopic (exact) mass is 256 g/mol. The highest BCUT2D eigenvalue weighted by Crippen LogP contribution is 2.22. The third kappa shape index (κ3) is 3.14. The minimum atomic E-state index is -1.38. The van der Waals surface area contributed by atoms with Crippen LogP contribution in [-0.4, -0.2) is 32.4 Å². The first kappa shape index (κ1) is 13.4. The highest BCUT2D eigenvalue weighted by Gasteiger charge is 2.21. The molecule has 1 aromatic heterocycles. The summed E-state index contributed by atoms with van der Waals surface area (Å²) in [6.45, 7) is 0. The van der Waals surface area contributed by atoms with Gasteiger partial charge in [-0.15, -0.1) is 0 Å². The Kier molecular flexibility index (Phi) is 4.40. The summed E-state index contributed by atoms with van der Waals surface area (Å²) >= 11 is 5.55. The van der Waals surface area contributed by atoms with E-state index in [4.69, 9.17) is 22.0 Å². The number of nitrogens with zero attached hydrogens (tertiary/aromatic N) is 2. The van der Waals surface area contributed by atoms with Crippen molar-refractivity contribution in [1.29, 1.82) is 5.26 Å². The van der Waals surface area contributed by atoms with E-state index in [9.17, 15) is 15.0 Å². The number of pyridine rings is 1. The molecule has 6 nitrogen and oxygen atoms in total. The maximum Gasteiger partial charge on any atom is 0.338 e. The number of aliphatic hydroxyl groups is 2. The van der Waals surface area contributed by atoms with Gasteiger partial charge in [-0.05, 0) is 6.07 Å². The van der Waals surface area contributed by atoms with Crippen LogP contribution in [0.4, 0.5) is 0 Å². The Balaban J connectivity index is 3.04. The molecule has 0 amide bonds. The largest absolute Gasteiger partial charge is 0.478 e. The minimum Gasteiger partial charge on any atom is -0.478 e. The van der Waals surface area contributed by atoms with Crippen molar-refractivity contribution < 1.29 is 20.1 Å². The van der Waals surface area contributed by atoms with Gasteiger partial charge >= 0.3 is 5.97 Å². The van der Waals surface area contributed by atoms with Crippen LogP contribution in [0.2, 0.25) is 5.15 Å². The van der Waals surface area contributed by atoms with Crippen molar-refractivity contribution in [2.75, 3.05) is 0 Å². The lowest BCUT2D eigenvalue weighted by Crippen LogP contribution is -2.18. The lowest BCUT2D eigenvalue weighted by Gasteiger charge is -2.15. The second kappa shape index (κ2) is 5.59. The van der Waals surface area contributed by atoms with Gasteiger partial charge in [-0.3, -0.25) is 0 Å². The molecule has 3 N–H and O–H groups in total. The quantitative estimate of drug-likeness (QED) is 0.685. The van der Waals surface area contributed by atoms with E-state index in [1.807, 2.05) is 0 Å². The van der Waals surface area contributed by atoms with Crippen molar-refractivity contribution in [2.24, 2.45) is 0 Å². The molecule has 0 aliphatic rings. The van der Waals surface area contributed by atoms with Crippen LogP contribution in [0.15, 0.2) is 12.3 Å². The van der Waals surface area contributed by atoms with Gasteiger partial charge in [0.2, 0.25) is 0 Å². The Morgan fingerprint density at radius 2 is 2.24 bits per heavy atom.